The second kappa shape index (κ2) is 11.2. The number of carbonyl (C=O) groups is 3. The van der Waals surface area contributed by atoms with Gasteiger partial charge in [-0.1, -0.05) is 6.92 Å². The molecular formula is C10H16O6. The summed E-state index contributed by atoms with van der Waals surface area (Å²) in [5, 5.41) is 15.6. The van der Waals surface area contributed by atoms with Crippen molar-refractivity contribution in [1.82, 2.24) is 0 Å². The molecule has 6 nitrogen and oxygen atoms in total. The van der Waals surface area contributed by atoms with Crippen LogP contribution in [0.15, 0.2) is 12.2 Å². The SMILES string of the molecule is CCCC(=O)OCC.O=C(O)C=CC(=O)O. The number of rotatable bonds is 5. The van der Waals surface area contributed by atoms with Crippen LogP contribution in [0.2, 0.25) is 0 Å². The molecule has 0 fully saturated rings. The van der Waals surface area contributed by atoms with Gasteiger partial charge in [-0.05, 0) is 13.3 Å². The standard InChI is InChI=1S/C6H12O2.C4H4O4/c1-3-5-6(7)8-4-2;5-3(6)1-2-4(7)8/h3-5H2,1-2H3;1-2H,(H,5,6)(H,7,8). The normalized spacial score (nSPS) is 9.12. The lowest BCUT2D eigenvalue weighted by atomic mass is 10.3. The van der Waals surface area contributed by atoms with Crippen LogP contribution in [0.3, 0.4) is 0 Å². The van der Waals surface area contributed by atoms with Gasteiger partial charge < -0.3 is 14.9 Å². The molecule has 0 amide bonds. The first-order valence-corrected chi connectivity index (χ1v) is 4.73. The minimum Gasteiger partial charge on any atom is -0.478 e. The van der Waals surface area contributed by atoms with Crippen LogP contribution in [0.5, 0.6) is 0 Å². The molecule has 0 aliphatic heterocycles. The largest absolute Gasteiger partial charge is 0.478 e. The van der Waals surface area contributed by atoms with Gasteiger partial charge in [0.1, 0.15) is 0 Å². The van der Waals surface area contributed by atoms with E-state index in [1.165, 1.54) is 0 Å². The maximum atomic E-state index is 10.4. The average Bonchev–Trinajstić information content (AvgIpc) is 2.16. The number of carboxylic acids is 2. The summed E-state index contributed by atoms with van der Waals surface area (Å²) in [6, 6.07) is 0. The first-order chi connectivity index (χ1) is 7.43. The minimum atomic E-state index is -1.26. The van der Waals surface area contributed by atoms with E-state index in [-0.39, 0.29) is 5.97 Å². The monoisotopic (exact) mass is 232 g/mol. The molecular weight excluding hydrogens is 216 g/mol. The van der Waals surface area contributed by atoms with E-state index in [9.17, 15) is 14.4 Å². The Morgan fingerprint density at radius 3 is 1.75 bits per heavy atom. The molecule has 0 aromatic rings. The lowest BCUT2D eigenvalue weighted by Crippen LogP contribution is -2.01. The highest BCUT2D eigenvalue weighted by Gasteiger charge is 1.95. The third-order valence-electron chi connectivity index (χ3n) is 1.13. The quantitative estimate of drug-likeness (QED) is 0.543. The topological polar surface area (TPSA) is 101 Å². The highest BCUT2D eigenvalue weighted by Crippen LogP contribution is 1.89. The van der Waals surface area contributed by atoms with E-state index in [0.717, 1.165) is 6.42 Å². The van der Waals surface area contributed by atoms with Crippen molar-refractivity contribution in [2.45, 2.75) is 26.7 Å². The van der Waals surface area contributed by atoms with Crippen molar-refractivity contribution in [3.05, 3.63) is 12.2 Å². The van der Waals surface area contributed by atoms with E-state index < -0.39 is 11.9 Å². The molecule has 0 aromatic carbocycles. The van der Waals surface area contributed by atoms with Crippen LogP contribution >= 0.6 is 0 Å². The molecule has 0 unspecified atom stereocenters. The Balaban J connectivity index is 0. The molecule has 6 heteroatoms. The van der Waals surface area contributed by atoms with Gasteiger partial charge in [-0.15, -0.1) is 0 Å². The lowest BCUT2D eigenvalue weighted by molar-refractivity contribution is -0.143. The van der Waals surface area contributed by atoms with Gasteiger partial charge in [0.25, 0.3) is 0 Å². The van der Waals surface area contributed by atoms with Crippen molar-refractivity contribution in [2.75, 3.05) is 6.61 Å². The van der Waals surface area contributed by atoms with Crippen molar-refractivity contribution >= 4 is 17.9 Å². The van der Waals surface area contributed by atoms with Gasteiger partial charge >= 0.3 is 17.9 Å². The van der Waals surface area contributed by atoms with Crippen molar-refractivity contribution in [2.24, 2.45) is 0 Å². The van der Waals surface area contributed by atoms with Gasteiger partial charge in [0, 0.05) is 18.6 Å². The number of carboxylic acid groups (broad SMARTS) is 2. The zero-order chi connectivity index (χ0) is 13.0. The lowest BCUT2D eigenvalue weighted by Gasteiger charge is -1.96. The Bertz CT molecular complexity index is 232. The number of ether oxygens (including phenoxy) is 1. The zero-order valence-electron chi connectivity index (χ0n) is 9.30. The van der Waals surface area contributed by atoms with E-state index in [2.05, 4.69) is 4.74 Å². The van der Waals surface area contributed by atoms with Crippen LogP contribution in [-0.4, -0.2) is 34.7 Å². The van der Waals surface area contributed by atoms with E-state index in [4.69, 9.17) is 10.2 Å². The average molecular weight is 232 g/mol. The Labute approximate surface area is 93.5 Å². The summed E-state index contributed by atoms with van der Waals surface area (Å²) in [5.74, 6) is -2.60. The van der Waals surface area contributed by atoms with E-state index in [1.807, 2.05) is 13.8 Å². The molecule has 16 heavy (non-hydrogen) atoms. The second-order valence-electron chi connectivity index (χ2n) is 2.56. The van der Waals surface area contributed by atoms with Gasteiger partial charge in [0.2, 0.25) is 0 Å². The predicted molar refractivity (Wildman–Crippen MR) is 56.0 cm³/mol. The molecule has 0 saturated heterocycles. The molecule has 0 aromatic heterocycles. The van der Waals surface area contributed by atoms with Gasteiger partial charge in [0.05, 0.1) is 6.61 Å². The molecule has 92 valence electrons. The number of esters is 1. The number of hydrogen-bond donors (Lipinski definition) is 2. The molecule has 0 spiro atoms. The fraction of sp³-hybridized carbons (Fsp3) is 0.500. The number of hydrogen-bond acceptors (Lipinski definition) is 4. The van der Waals surface area contributed by atoms with Crippen molar-refractivity contribution in [1.29, 1.82) is 0 Å². The van der Waals surface area contributed by atoms with Gasteiger partial charge in [-0.3, -0.25) is 4.79 Å². The summed E-state index contributed by atoms with van der Waals surface area (Å²) in [4.78, 5) is 29.5. The molecule has 0 radical (unpaired) electrons. The number of aliphatic carboxylic acids is 2. The Morgan fingerprint density at radius 2 is 1.50 bits per heavy atom. The maximum absolute atomic E-state index is 10.4. The van der Waals surface area contributed by atoms with E-state index >= 15 is 0 Å². The molecule has 0 bridgehead atoms. The molecule has 0 aliphatic carbocycles. The molecule has 0 heterocycles. The van der Waals surface area contributed by atoms with Crippen molar-refractivity contribution in [3.8, 4) is 0 Å². The fourth-order valence-corrected chi connectivity index (χ4v) is 0.580. The summed E-state index contributed by atoms with van der Waals surface area (Å²) in [7, 11) is 0. The third kappa shape index (κ3) is 18.0. The summed E-state index contributed by atoms with van der Waals surface area (Å²) >= 11 is 0. The predicted octanol–water partition coefficient (Wildman–Crippen LogP) is 1.06. The summed E-state index contributed by atoms with van der Waals surface area (Å²) in [5.41, 5.74) is 0. The minimum absolute atomic E-state index is 0.0880. The zero-order valence-corrected chi connectivity index (χ0v) is 9.30. The van der Waals surface area contributed by atoms with Crippen LogP contribution in [0.25, 0.3) is 0 Å². The van der Waals surface area contributed by atoms with Crippen LogP contribution in [0, 0.1) is 0 Å². The van der Waals surface area contributed by atoms with Gasteiger partial charge in [0.15, 0.2) is 0 Å². The molecule has 0 atom stereocenters. The molecule has 0 saturated carbocycles. The van der Waals surface area contributed by atoms with Crippen molar-refractivity contribution < 1.29 is 29.3 Å². The molecule has 0 rings (SSSR count). The molecule has 2 N–H and O–H groups in total. The van der Waals surface area contributed by atoms with Gasteiger partial charge in [-0.25, -0.2) is 9.59 Å². The summed E-state index contributed by atoms with van der Waals surface area (Å²) in [6.07, 6.45) is 2.54. The van der Waals surface area contributed by atoms with Crippen LogP contribution in [0.1, 0.15) is 26.7 Å². The van der Waals surface area contributed by atoms with Crippen LogP contribution in [0.4, 0.5) is 0 Å². The van der Waals surface area contributed by atoms with Crippen molar-refractivity contribution in [3.63, 3.8) is 0 Å². The number of carbonyl (C=O) groups excluding carboxylic acids is 1. The Hall–Kier alpha value is -1.85. The van der Waals surface area contributed by atoms with Gasteiger partial charge in [-0.2, -0.15) is 0 Å². The Morgan fingerprint density at radius 1 is 1.06 bits per heavy atom. The van der Waals surface area contributed by atoms with E-state index in [1.54, 1.807) is 0 Å². The smallest absolute Gasteiger partial charge is 0.328 e. The Kier molecular flexibility index (Phi) is 11.6. The third-order valence-corrected chi connectivity index (χ3v) is 1.13. The highest BCUT2D eigenvalue weighted by atomic mass is 16.5. The van der Waals surface area contributed by atoms with Crippen LogP contribution in [-0.2, 0) is 19.1 Å². The second-order valence-corrected chi connectivity index (χ2v) is 2.56. The summed E-state index contributed by atoms with van der Waals surface area (Å²) in [6.45, 7) is 4.27. The van der Waals surface area contributed by atoms with E-state index in [0.29, 0.717) is 25.2 Å². The first kappa shape index (κ1) is 16.6. The first-order valence-electron chi connectivity index (χ1n) is 4.73. The fourth-order valence-electron chi connectivity index (χ4n) is 0.580. The molecule has 0 aliphatic rings. The summed E-state index contributed by atoms with van der Waals surface area (Å²) < 4.78 is 4.64. The highest BCUT2D eigenvalue weighted by molar-refractivity contribution is 5.89. The van der Waals surface area contributed by atoms with Crippen LogP contribution < -0.4 is 0 Å². The maximum Gasteiger partial charge on any atom is 0.328 e.